The average molecular weight is 360 g/mol. The maximum absolute atomic E-state index is 12.0. The van der Waals surface area contributed by atoms with Crippen LogP contribution < -0.4 is 4.90 Å². The van der Waals surface area contributed by atoms with Gasteiger partial charge in [-0.1, -0.05) is 29.8 Å². The van der Waals surface area contributed by atoms with Gasteiger partial charge in [0.2, 0.25) is 11.0 Å². The zero-order valence-electron chi connectivity index (χ0n) is 14.8. The van der Waals surface area contributed by atoms with Gasteiger partial charge in [0.05, 0.1) is 0 Å². The summed E-state index contributed by atoms with van der Waals surface area (Å²) in [5, 5.41) is 0.947. The number of aryl methyl sites for hydroxylation is 1. The largest absolute Gasteiger partial charge is 0.375 e. The minimum absolute atomic E-state index is 0.0571. The second-order valence-corrected chi connectivity index (χ2v) is 7.04. The molecule has 1 aliphatic heterocycles. The highest BCUT2D eigenvalue weighted by molar-refractivity contribution is 7.09. The van der Waals surface area contributed by atoms with Crippen LogP contribution in [0.4, 0.5) is 5.13 Å². The van der Waals surface area contributed by atoms with Gasteiger partial charge in [-0.3, -0.25) is 4.79 Å². The number of hydrogen-bond acceptors (Lipinski definition) is 6. The van der Waals surface area contributed by atoms with Crippen LogP contribution in [0.5, 0.6) is 0 Å². The van der Waals surface area contributed by atoms with Crippen molar-refractivity contribution in [3.63, 3.8) is 0 Å². The number of benzene rings is 1. The molecule has 0 atom stereocenters. The molecular weight excluding hydrogens is 336 g/mol. The highest BCUT2D eigenvalue weighted by Crippen LogP contribution is 2.20. The van der Waals surface area contributed by atoms with E-state index in [-0.39, 0.29) is 12.5 Å². The van der Waals surface area contributed by atoms with Crippen molar-refractivity contribution < 1.29 is 9.53 Å². The Kier molecular flexibility index (Phi) is 5.99. The van der Waals surface area contributed by atoms with E-state index in [4.69, 9.17) is 9.72 Å². The summed E-state index contributed by atoms with van der Waals surface area (Å²) >= 11 is 1.44. The molecule has 0 N–H and O–H groups in total. The molecule has 1 saturated heterocycles. The number of rotatable bonds is 5. The van der Waals surface area contributed by atoms with E-state index < -0.39 is 0 Å². The van der Waals surface area contributed by atoms with Gasteiger partial charge in [0.25, 0.3) is 0 Å². The molecule has 0 saturated carbocycles. The Balaban J connectivity index is 1.60. The number of aromatic nitrogens is 2. The second-order valence-electron chi connectivity index (χ2n) is 6.31. The Morgan fingerprint density at radius 2 is 2.00 bits per heavy atom. The summed E-state index contributed by atoms with van der Waals surface area (Å²) in [6.45, 7) is 5.40. The van der Waals surface area contributed by atoms with Crippen LogP contribution in [0.1, 0.15) is 23.4 Å². The first kappa shape index (κ1) is 17.8. The number of nitrogens with zero attached hydrogens (tertiary/aromatic N) is 4. The zero-order chi connectivity index (χ0) is 17.6. The van der Waals surface area contributed by atoms with Crippen LogP contribution in [0.2, 0.25) is 0 Å². The SMILES string of the molecule is COCC(=O)N1CCCN(c2nc(Cc3ccc(C)cc3)ns2)CC1. The summed E-state index contributed by atoms with van der Waals surface area (Å²) in [4.78, 5) is 20.8. The first-order valence-electron chi connectivity index (χ1n) is 8.55. The molecule has 2 aromatic rings. The van der Waals surface area contributed by atoms with E-state index in [1.54, 1.807) is 7.11 Å². The lowest BCUT2D eigenvalue weighted by Gasteiger charge is -2.21. The Morgan fingerprint density at radius 1 is 1.20 bits per heavy atom. The van der Waals surface area contributed by atoms with Crippen molar-refractivity contribution in [2.45, 2.75) is 19.8 Å². The van der Waals surface area contributed by atoms with Crippen LogP contribution in [0.15, 0.2) is 24.3 Å². The minimum atomic E-state index is 0.0571. The van der Waals surface area contributed by atoms with E-state index >= 15 is 0 Å². The molecule has 3 rings (SSSR count). The van der Waals surface area contributed by atoms with E-state index in [9.17, 15) is 4.79 Å². The van der Waals surface area contributed by atoms with Crippen LogP contribution in [-0.2, 0) is 16.0 Å². The van der Waals surface area contributed by atoms with Crippen molar-refractivity contribution in [3.8, 4) is 0 Å². The van der Waals surface area contributed by atoms with E-state index in [1.807, 2.05) is 4.90 Å². The van der Waals surface area contributed by atoms with Crippen molar-refractivity contribution in [2.24, 2.45) is 0 Å². The van der Waals surface area contributed by atoms with Gasteiger partial charge in [-0.25, -0.2) is 4.98 Å². The molecule has 1 aromatic heterocycles. The topological polar surface area (TPSA) is 58.6 Å². The summed E-state index contributed by atoms with van der Waals surface area (Å²) in [7, 11) is 1.55. The normalized spacial score (nSPS) is 15.3. The van der Waals surface area contributed by atoms with E-state index in [1.165, 1.54) is 22.7 Å². The van der Waals surface area contributed by atoms with Crippen molar-refractivity contribution in [1.82, 2.24) is 14.3 Å². The van der Waals surface area contributed by atoms with Crippen LogP contribution in [0.25, 0.3) is 0 Å². The molecule has 0 spiro atoms. The summed E-state index contributed by atoms with van der Waals surface area (Å²) < 4.78 is 9.46. The smallest absolute Gasteiger partial charge is 0.248 e. The standard InChI is InChI=1S/C18H24N4O2S/c1-14-4-6-15(7-5-14)12-16-19-18(25-20-16)22-9-3-8-21(10-11-22)17(23)13-24-2/h4-7H,3,8-13H2,1-2H3. The molecule has 134 valence electrons. The van der Waals surface area contributed by atoms with Crippen molar-refractivity contribution in [2.75, 3.05) is 44.8 Å². The molecule has 25 heavy (non-hydrogen) atoms. The average Bonchev–Trinajstić information content (AvgIpc) is 2.92. The molecule has 0 radical (unpaired) electrons. The van der Waals surface area contributed by atoms with E-state index in [0.717, 1.165) is 43.4 Å². The lowest BCUT2D eigenvalue weighted by molar-refractivity contribution is -0.134. The fraction of sp³-hybridized carbons (Fsp3) is 0.500. The third-order valence-corrected chi connectivity index (χ3v) is 5.14. The Labute approximate surface area is 152 Å². The molecule has 1 fully saturated rings. The molecule has 1 aromatic carbocycles. The third-order valence-electron chi connectivity index (χ3n) is 4.33. The Hall–Kier alpha value is -1.99. The van der Waals surface area contributed by atoms with Crippen LogP contribution in [0, 0.1) is 6.92 Å². The van der Waals surface area contributed by atoms with E-state index in [2.05, 4.69) is 40.5 Å². The maximum atomic E-state index is 12.0. The number of amides is 1. The molecule has 1 aliphatic rings. The summed E-state index contributed by atoms with van der Waals surface area (Å²) in [6, 6.07) is 8.48. The molecule has 0 unspecified atom stereocenters. The molecule has 0 aliphatic carbocycles. The fourth-order valence-corrected chi connectivity index (χ4v) is 3.64. The van der Waals surface area contributed by atoms with Gasteiger partial charge in [-0.2, -0.15) is 4.37 Å². The van der Waals surface area contributed by atoms with Gasteiger partial charge >= 0.3 is 0 Å². The van der Waals surface area contributed by atoms with Crippen molar-refractivity contribution >= 4 is 22.6 Å². The predicted octanol–water partition coefficient (Wildman–Crippen LogP) is 2.12. The van der Waals surface area contributed by atoms with Gasteiger partial charge in [-0.05, 0) is 18.9 Å². The molecule has 7 heteroatoms. The Bertz CT molecular complexity index is 701. The minimum Gasteiger partial charge on any atom is -0.375 e. The maximum Gasteiger partial charge on any atom is 0.248 e. The lowest BCUT2D eigenvalue weighted by atomic mass is 10.1. The molecule has 0 bridgehead atoms. The third kappa shape index (κ3) is 4.76. The molecule has 1 amide bonds. The van der Waals surface area contributed by atoms with Gasteiger partial charge in [0.15, 0.2) is 0 Å². The highest BCUT2D eigenvalue weighted by atomic mass is 32.1. The monoisotopic (exact) mass is 360 g/mol. The van der Waals surface area contributed by atoms with Gasteiger partial charge < -0.3 is 14.5 Å². The summed E-state index contributed by atoms with van der Waals surface area (Å²) in [5.41, 5.74) is 2.48. The molecule has 6 nitrogen and oxygen atoms in total. The van der Waals surface area contributed by atoms with Crippen molar-refractivity contribution in [1.29, 1.82) is 0 Å². The Morgan fingerprint density at radius 3 is 2.76 bits per heavy atom. The van der Waals surface area contributed by atoms with Gasteiger partial charge in [0, 0.05) is 51.2 Å². The first-order valence-corrected chi connectivity index (χ1v) is 9.33. The number of carbonyl (C=O) groups is 1. The number of anilines is 1. The number of methoxy groups -OCH3 is 1. The summed E-state index contributed by atoms with van der Waals surface area (Å²) in [5.74, 6) is 0.919. The quantitative estimate of drug-likeness (QED) is 0.817. The summed E-state index contributed by atoms with van der Waals surface area (Å²) in [6.07, 6.45) is 1.69. The van der Waals surface area contributed by atoms with Gasteiger partial charge in [-0.15, -0.1) is 0 Å². The molecule has 2 heterocycles. The van der Waals surface area contributed by atoms with Crippen LogP contribution in [0.3, 0.4) is 0 Å². The fourth-order valence-electron chi connectivity index (χ4n) is 2.91. The highest BCUT2D eigenvalue weighted by Gasteiger charge is 2.21. The number of hydrogen-bond donors (Lipinski definition) is 0. The second kappa shape index (κ2) is 8.40. The number of ether oxygens (including phenoxy) is 1. The zero-order valence-corrected chi connectivity index (χ0v) is 15.6. The lowest BCUT2D eigenvalue weighted by Crippen LogP contribution is -2.37. The van der Waals surface area contributed by atoms with Crippen LogP contribution in [-0.4, -0.2) is 60.1 Å². The van der Waals surface area contributed by atoms with Crippen molar-refractivity contribution in [3.05, 3.63) is 41.2 Å². The van der Waals surface area contributed by atoms with Gasteiger partial charge in [0.1, 0.15) is 12.4 Å². The first-order chi connectivity index (χ1) is 12.2. The number of carbonyl (C=O) groups excluding carboxylic acids is 1. The van der Waals surface area contributed by atoms with E-state index in [0.29, 0.717) is 6.54 Å². The molecular formula is C18H24N4O2S. The van der Waals surface area contributed by atoms with Crippen LogP contribution >= 0.6 is 11.5 Å². The predicted molar refractivity (Wildman–Crippen MR) is 99.2 cm³/mol.